The molecule has 7 nitrogen and oxygen atoms in total. The first-order valence-corrected chi connectivity index (χ1v) is 11.7. The minimum Gasteiger partial charge on any atom is -0.477 e. The van der Waals surface area contributed by atoms with Crippen molar-refractivity contribution in [1.82, 2.24) is 0 Å². The summed E-state index contributed by atoms with van der Waals surface area (Å²) in [7, 11) is 5.43. The number of carbonyl (C=O) groups excluding carboxylic acids is 1. The van der Waals surface area contributed by atoms with Crippen LogP contribution in [0.5, 0.6) is 0 Å². The van der Waals surface area contributed by atoms with Crippen LogP contribution >= 0.6 is 0 Å². The van der Waals surface area contributed by atoms with Gasteiger partial charge >= 0.3 is 11.9 Å². The summed E-state index contributed by atoms with van der Waals surface area (Å²) in [6, 6.07) is -0.585. The molecule has 0 aliphatic carbocycles. The van der Waals surface area contributed by atoms with E-state index in [2.05, 4.69) is 43.4 Å². The molecular weight excluding hydrogens is 422 g/mol. The second kappa shape index (κ2) is 19.3. The predicted molar refractivity (Wildman–Crippen MR) is 132 cm³/mol. The highest BCUT2D eigenvalue weighted by atomic mass is 16.5. The van der Waals surface area contributed by atoms with Gasteiger partial charge in [-0.15, -0.1) is 0 Å². The number of carbonyl (C=O) groups is 2. The number of esters is 1. The lowest BCUT2D eigenvalue weighted by atomic mass is 10.1. The van der Waals surface area contributed by atoms with Gasteiger partial charge in [-0.1, -0.05) is 55.5 Å². The highest BCUT2D eigenvalue weighted by Gasteiger charge is 2.30. The van der Waals surface area contributed by atoms with Gasteiger partial charge in [-0.25, -0.2) is 4.79 Å². The maximum absolute atomic E-state index is 11.8. The second-order valence-corrected chi connectivity index (χ2v) is 8.71. The minimum atomic E-state index is -0.932. The van der Waals surface area contributed by atoms with E-state index < -0.39 is 18.1 Å². The molecule has 0 saturated heterocycles. The summed E-state index contributed by atoms with van der Waals surface area (Å²) in [5.74, 6) is -1.25. The summed E-state index contributed by atoms with van der Waals surface area (Å²) in [6.45, 7) is 2.19. The molecule has 0 amide bonds. The zero-order valence-electron chi connectivity index (χ0n) is 20.8. The fourth-order valence-electron chi connectivity index (χ4n) is 2.86. The fourth-order valence-corrected chi connectivity index (χ4v) is 2.86. The molecule has 0 heterocycles. The smallest absolute Gasteiger partial charge is 0.362 e. The Bertz CT molecular complexity index is 646. The summed E-state index contributed by atoms with van der Waals surface area (Å²) < 4.78 is 10.7. The average Bonchev–Trinajstić information content (AvgIpc) is 2.74. The van der Waals surface area contributed by atoms with Crippen molar-refractivity contribution >= 4 is 11.9 Å². The molecule has 0 bridgehead atoms. The van der Waals surface area contributed by atoms with Gasteiger partial charge in [-0.2, -0.15) is 0 Å². The van der Waals surface area contributed by atoms with Crippen LogP contribution in [0.1, 0.15) is 51.9 Å². The topological polar surface area (TPSA) is 93.1 Å². The predicted octanol–water partition coefficient (Wildman–Crippen LogP) is 4.04. The Morgan fingerprint density at radius 1 is 0.879 bits per heavy atom. The molecule has 0 aliphatic rings. The van der Waals surface area contributed by atoms with E-state index in [0.717, 1.165) is 25.7 Å². The Morgan fingerprint density at radius 3 is 1.94 bits per heavy atom. The molecule has 33 heavy (non-hydrogen) atoms. The largest absolute Gasteiger partial charge is 0.477 e. The van der Waals surface area contributed by atoms with Gasteiger partial charge in [0.15, 0.2) is 6.04 Å². The van der Waals surface area contributed by atoms with Crippen LogP contribution in [0.3, 0.4) is 0 Å². The Hall–Kier alpha value is -2.22. The van der Waals surface area contributed by atoms with Crippen LogP contribution in [0.15, 0.2) is 48.6 Å². The first kappa shape index (κ1) is 30.8. The molecule has 7 heteroatoms. The quantitative estimate of drug-likeness (QED) is 0.129. The minimum absolute atomic E-state index is 0.00632. The van der Waals surface area contributed by atoms with Crippen molar-refractivity contribution in [1.29, 1.82) is 0 Å². The Kier molecular flexibility index (Phi) is 18.0. The lowest BCUT2D eigenvalue weighted by Gasteiger charge is -2.31. The van der Waals surface area contributed by atoms with Gasteiger partial charge in [0.05, 0.1) is 34.4 Å². The van der Waals surface area contributed by atoms with Crippen LogP contribution in [-0.4, -0.2) is 79.7 Å². The Labute approximate surface area is 199 Å². The maximum atomic E-state index is 11.8. The zero-order valence-corrected chi connectivity index (χ0v) is 20.8. The number of ether oxygens (including phenoxy) is 2. The van der Waals surface area contributed by atoms with E-state index >= 15 is 0 Å². The van der Waals surface area contributed by atoms with Crippen molar-refractivity contribution < 1.29 is 33.8 Å². The molecule has 2 atom stereocenters. The van der Waals surface area contributed by atoms with Gasteiger partial charge in [0.25, 0.3) is 0 Å². The molecule has 2 unspecified atom stereocenters. The summed E-state index contributed by atoms with van der Waals surface area (Å²) in [4.78, 5) is 23.0. The van der Waals surface area contributed by atoms with E-state index in [1.165, 1.54) is 0 Å². The molecule has 0 aromatic rings. The fraction of sp³-hybridized carbons (Fsp3) is 0.615. The summed E-state index contributed by atoms with van der Waals surface area (Å²) >= 11 is 0. The van der Waals surface area contributed by atoms with Gasteiger partial charge in [0.2, 0.25) is 0 Å². The third-order valence-corrected chi connectivity index (χ3v) is 4.74. The number of aliphatic carboxylic acids is 1. The number of rotatable bonds is 19. The van der Waals surface area contributed by atoms with Gasteiger partial charge in [-0.3, -0.25) is 4.79 Å². The summed E-state index contributed by atoms with van der Waals surface area (Å²) in [5, 5.41) is 19.1. The van der Waals surface area contributed by atoms with Crippen LogP contribution in [0.2, 0.25) is 0 Å². The molecular formula is C26H44NO6+. The number of likely N-dealkylation sites (N-methyl/N-ethyl adjacent to an activating group) is 1. The van der Waals surface area contributed by atoms with Crippen LogP contribution in [0.4, 0.5) is 0 Å². The number of carboxylic acids is 1. The molecule has 2 N–H and O–H groups in total. The average molecular weight is 467 g/mol. The SMILES string of the molecule is CC/C=C\C/C=C\C/C=C\C/C=C\CCC(=O)OCC(O)COCCC(C(=O)O)[N+](C)(C)C. The van der Waals surface area contributed by atoms with E-state index in [1.54, 1.807) is 0 Å². The van der Waals surface area contributed by atoms with Crippen LogP contribution in [0, 0.1) is 0 Å². The summed E-state index contributed by atoms with van der Waals surface area (Å²) in [6.07, 6.45) is 20.8. The number of aliphatic hydroxyl groups excluding tert-OH is 1. The molecule has 0 saturated carbocycles. The van der Waals surface area contributed by atoms with E-state index in [1.807, 2.05) is 33.3 Å². The van der Waals surface area contributed by atoms with Crippen molar-refractivity contribution in [2.45, 2.75) is 64.0 Å². The molecule has 188 valence electrons. The third kappa shape index (κ3) is 19.0. The first-order chi connectivity index (χ1) is 15.7. The normalized spacial score (nSPS) is 14.6. The van der Waals surface area contributed by atoms with E-state index in [9.17, 15) is 19.8 Å². The van der Waals surface area contributed by atoms with Crippen molar-refractivity contribution in [2.75, 3.05) is 41.0 Å². The maximum Gasteiger partial charge on any atom is 0.362 e. The van der Waals surface area contributed by atoms with Crippen LogP contribution in [0.25, 0.3) is 0 Å². The van der Waals surface area contributed by atoms with Crippen molar-refractivity contribution in [3.8, 4) is 0 Å². The lowest BCUT2D eigenvalue weighted by molar-refractivity contribution is -0.887. The number of quaternary nitrogens is 1. The molecule has 0 aliphatic heterocycles. The number of hydrogen-bond acceptors (Lipinski definition) is 5. The zero-order chi connectivity index (χ0) is 25.0. The van der Waals surface area contributed by atoms with Crippen molar-refractivity contribution in [3.05, 3.63) is 48.6 Å². The first-order valence-electron chi connectivity index (χ1n) is 11.7. The summed E-state index contributed by atoms with van der Waals surface area (Å²) in [5.41, 5.74) is 0. The van der Waals surface area contributed by atoms with E-state index in [4.69, 9.17) is 9.47 Å². The van der Waals surface area contributed by atoms with E-state index in [0.29, 0.717) is 12.8 Å². The molecule has 0 aromatic heterocycles. The highest BCUT2D eigenvalue weighted by molar-refractivity contribution is 5.72. The number of aliphatic hydroxyl groups is 1. The van der Waals surface area contributed by atoms with E-state index in [-0.39, 0.29) is 36.7 Å². The van der Waals surface area contributed by atoms with Crippen molar-refractivity contribution in [3.63, 3.8) is 0 Å². The highest BCUT2D eigenvalue weighted by Crippen LogP contribution is 2.08. The lowest BCUT2D eigenvalue weighted by Crippen LogP contribution is -2.50. The molecule has 0 spiro atoms. The second-order valence-electron chi connectivity index (χ2n) is 8.71. The molecule has 0 rings (SSSR count). The standard InChI is InChI=1S/C26H43NO6/c1-5-6-7-8-9-10-11-12-13-14-15-16-17-18-25(29)33-22-23(28)21-32-20-19-24(26(30)31)27(2,3)4/h6-7,9-10,12-13,15-16,23-24,28H,5,8,11,14,17-22H2,1-4H3/p+1/b7-6-,10-9-,13-12-,16-15-. The molecule has 0 radical (unpaired) electrons. The van der Waals surface area contributed by atoms with Crippen molar-refractivity contribution in [2.24, 2.45) is 0 Å². The van der Waals surface area contributed by atoms with Crippen LogP contribution < -0.4 is 0 Å². The molecule has 0 fully saturated rings. The monoisotopic (exact) mass is 466 g/mol. The van der Waals surface area contributed by atoms with Gasteiger partial charge in [0.1, 0.15) is 12.7 Å². The van der Waals surface area contributed by atoms with Gasteiger partial charge in [0, 0.05) is 12.8 Å². The van der Waals surface area contributed by atoms with Gasteiger partial charge in [-0.05, 0) is 32.1 Å². The third-order valence-electron chi connectivity index (χ3n) is 4.74. The van der Waals surface area contributed by atoms with Crippen LogP contribution in [-0.2, 0) is 19.1 Å². The Balaban J connectivity index is 3.80. The Morgan fingerprint density at radius 2 is 1.42 bits per heavy atom. The van der Waals surface area contributed by atoms with Gasteiger partial charge < -0.3 is 24.2 Å². The number of hydrogen-bond donors (Lipinski definition) is 2. The number of nitrogens with zero attached hydrogens (tertiary/aromatic N) is 1. The number of carboxylic acid groups (broad SMARTS) is 1. The molecule has 0 aromatic carbocycles. The number of allylic oxidation sites excluding steroid dienone is 8.